The largest absolute Gasteiger partial charge is 0.423 e. The summed E-state index contributed by atoms with van der Waals surface area (Å²) in [4.78, 5) is 3.75. The Morgan fingerprint density at radius 2 is 2.15 bits per heavy atom. The Morgan fingerprint density at radius 1 is 1.38 bits per heavy atom. The minimum absolute atomic E-state index is 0.0331. The molecule has 0 radical (unpaired) electrons. The van der Waals surface area contributed by atoms with E-state index in [1.807, 2.05) is 0 Å². The normalized spacial score (nSPS) is 10.7. The number of benzene rings is 1. The van der Waals surface area contributed by atoms with Gasteiger partial charge < -0.3 is 9.73 Å². The quantitative estimate of drug-likeness (QED) is 0.737. The molecule has 2 rings (SSSR count). The van der Waals surface area contributed by atoms with Crippen LogP contribution in [0.15, 0.2) is 16.5 Å². The highest BCUT2D eigenvalue weighted by molar-refractivity contribution is 5.75. The Balaban J connectivity index is 2.75. The van der Waals surface area contributed by atoms with Gasteiger partial charge in [0.15, 0.2) is 11.4 Å². The summed E-state index contributed by atoms with van der Waals surface area (Å²) in [5, 5.41) is 2.60. The van der Waals surface area contributed by atoms with Gasteiger partial charge in [-0.15, -0.1) is 0 Å². The maximum atomic E-state index is 13.0. The molecule has 0 saturated heterocycles. The van der Waals surface area contributed by atoms with Crippen molar-refractivity contribution in [2.45, 2.75) is 0 Å². The zero-order chi connectivity index (χ0) is 9.42. The fourth-order valence-electron chi connectivity index (χ4n) is 1.06. The van der Waals surface area contributed by atoms with Gasteiger partial charge in [-0.2, -0.15) is 4.98 Å². The van der Waals surface area contributed by atoms with Crippen molar-refractivity contribution >= 4 is 17.1 Å². The van der Waals surface area contributed by atoms with Crippen LogP contribution in [0.3, 0.4) is 0 Å². The smallest absolute Gasteiger partial charge is 0.295 e. The first kappa shape index (κ1) is 7.97. The van der Waals surface area contributed by atoms with Crippen molar-refractivity contribution in [3.63, 3.8) is 0 Å². The van der Waals surface area contributed by atoms with Crippen molar-refractivity contribution in [1.82, 2.24) is 4.98 Å². The lowest BCUT2D eigenvalue weighted by atomic mass is 10.3. The van der Waals surface area contributed by atoms with E-state index in [4.69, 9.17) is 4.42 Å². The molecule has 0 aliphatic carbocycles. The topological polar surface area (TPSA) is 38.1 Å². The molecule has 0 aliphatic heterocycles. The fourth-order valence-corrected chi connectivity index (χ4v) is 1.06. The van der Waals surface area contributed by atoms with Gasteiger partial charge in [0.05, 0.1) is 0 Å². The van der Waals surface area contributed by atoms with Crippen LogP contribution >= 0.6 is 0 Å². The van der Waals surface area contributed by atoms with Crippen LogP contribution < -0.4 is 5.32 Å². The third kappa shape index (κ3) is 1.22. The highest BCUT2D eigenvalue weighted by Crippen LogP contribution is 2.22. The molecule has 5 heteroatoms. The summed E-state index contributed by atoms with van der Waals surface area (Å²) in [5.41, 5.74) is 0.132. The zero-order valence-electron chi connectivity index (χ0n) is 6.77. The van der Waals surface area contributed by atoms with E-state index < -0.39 is 11.6 Å². The predicted molar refractivity (Wildman–Crippen MR) is 43.5 cm³/mol. The molecule has 0 spiro atoms. The average molecular weight is 184 g/mol. The maximum Gasteiger partial charge on any atom is 0.295 e. The Kier molecular flexibility index (Phi) is 1.65. The molecule has 0 atom stereocenters. The fraction of sp³-hybridized carbons (Fsp3) is 0.125. The van der Waals surface area contributed by atoms with E-state index in [9.17, 15) is 8.78 Å². The highest BCUT2D eigenvalue weighted by Gasteiger charge is 2.10. The van der Waals surface area contributed by atoms with Crippen LogP contribution in [0.25, 0.3) is 11.1 Å². The first-order valence-electron chi connectivity index (χ1n) is 3.64. The molecular weight excluding hydrogens is 178 g/mol. The number of nitrogens with one attached hydrogen (secondary N) is 1. The molecule has 1 aromatic carbocycles. The number of anilines is 1. The summed E-state index contributed by atoms with van der Waals surface area (Å²) in [6.45, 7) is 0. The van der Waals surface area contributed by atoms with Gasteiger partial charge in [0.25, 0.3) is 6.01 Å². The number of halogens is 2. The summed E-state index contributed by atoms with van der Waals surface area (Å²) in [5.74, 6) is -1.40. The van der Waals surface area contributed by atoms with Crippen molar-refractivity contribution in [3.8, 4) is 0 Å². The molecule has 3 nitrogen and oxygen atoms in total. The molecular formula is C8H6F2N2O. The second kappa shape index (κ2) is 2.69. The lowest BCUT2D eigenvalue weighted by Gasteiger charge is -1.88. The summed E-state index contributed by atoms with van der Waals surface area (Å²) >= 11 is 0. The van der Waals surface area contributed by atoms with Crippen LogP contribution in [0.5, 0.6) is 0 Å². The standard InChI is InChI=1S/C8H6F2N2O/c1-11-8-12-7-5(10)2-4(9)3-6(7)13-8/h2-3H,1H3,(H,11,12). The van der Waals surface area contributed by atoms with E-state index in [-0.39, 0.29) is 17.1 Å². The summed E-state index contributed by atoms with van der Waals surface area (Å²) < 4.78 is 30.6. The number of aromatic nitrogens is 1. The van der Waals surface area contributed by atoms with Gasteiger partial charge in [0.2, 0.25) is 0 Å². The zero-order valence-corrected chi connectivity index (χ0v) is 6.77. The summed E-state index contributed by atoms with van der Waals surface area (Å²) in [6.07, 6.45) is 0. The Morgan fingerprint density at radius 3 is 2.85 bits per heavy atom. The third-order valence-electron chi connectivity index (χ3n) is 1.63. The van der Waals surface area contributed by atoms with Crippen LogP contribution in [0, 0.1) is 11.6 Å². The van der Waals surface area contributed by atoms with Gasteiger partial charge in [0.1, 0.15) is 11.3 Å². The molecule has 68 valence electrons. The number of rotatable bonds is 1. The molecule has 2 aromatic rings. The van der Waals surface area contributed by atoms with Gasteiger partial charge in [-0.3, -0.25) is 0 Å². The Hall–Kier alpha value is -1.65. The number of hydrogen-bond acceptors (Lipinski definition) is 3. The number of nitrogens with zero attached hydrogens (tertiary/aromatic N) is 1. The van der Waals surface area contributed by atoms with E-state index in [0.29, 0.717) is 0 Å². The lowest BCUT2D eigenvalue weighted by molar-refractivity contribution is 0.580. The summed E-state index contributed by atoms with van der Waals surface area (Å²) in [6, 6.07) is 2.02. The van der Waals surface area contributed by atoms with Crippen molar-refractivity contribution in [2.24, 2.45) is 0 Å². The molecule has 1 heterocycles. The number of oxazole rings is 1. The predicted octanol–water partition coefficient (Wildman–Crippen LogP) is 2.15. The van der Waals surface area contributed by atoms with E-state index in [1.165, 1.54) is 0 Å². The molecule has 1 N–H and O–H groups in total. The number of fused-ring (bicyclic) bond motifs is 1. The van der Waals surface area contributed by atoms with Crippen molar-refractivity contribution < 1.29 is 13.2 Å². The van der Waals surface area contributed by atoms with E-state index >= 15 is 0 Å². The molecule has 0 fully saturated rings. The molecule has 0 bridgehead atoms. The Bertz CT molecular complexity index is 453. The van der Waals surface area contributed by atoms with Crippen molar-refractivity contribution in [3.05, 3.63) is 23.8 Å². The van der Waals surface area contributed by atoms with Crippen LogP contribution in [0.4, 0.5) is 14.8 Å². The minimum atomic E-state index is -0.722. The SMILES string of the molecule is CNc1nc2c(F)cc(F)cc2o1. The van der Waals surface area contributed by atoms with Crippen LogP contribution in [0.1, 0.15) is 0 Å². The van der Waals surface area contributed by atoms with Gasteiger partial charge in [-0.25, -0.2) is 8.78 Å². The van der Waals surface area contributed by atoms with Crippen LogP contribution in [-0.2, 0) is 0 Å². The van der Waals surface area contributed by atoms with Crippen LogP contribution in [-0.4, -0.2) is 12.0 Å². The first-order valence-corrected chi connectivity index (χ1v) is 3.64. The van der Waals surface area contributed by atoms with Crippen molar-refractivity contribution in [2.75, 3.05) is 12.4 Å². The lowest BCUT2D eigenvalue weighted by Crippen LogP contribution is -1.86. The molecule has 0 amide bonds. The maximum absolute atomic E-state index is 13.0. The third-order valence-corrected chi connectivity index (χ3v) is 1.63. The van der Waals surface area contributed by atoms with Gasteiger partial charge in [-0.1, -0.05) is 0 Å². The van der Waals surface area contributed by atoms with Crippen molar-refractivity contribution in [1.29, 1.82) is 0 Å². The van der Waals surface area contributed by atoms with Gasteiger partial charge in [-0.05, 0) is 0 Å². The molecule has 0 saturated carbocycles. The van der Waals surface area contributed by atoms with Gasteiger partial charge in [0, 0.05) is 19.2 Å². The van der Waals surface area contributed by atoms with E-state index in [0.717, 1.165) is 12.1 Å². The molecule has 0 aliphatic rings. The first-order chi connectivity index (χ1) is 6.20. The van der Waals surface area contributed by atoms with E-state index in [2.05, 4.69) is 10.3 Å². The van der Waals surface area contributed by atoms with Gasteiger partial charge >= 0.3 is 0 Å². The molecule has 1 aromatic heterocycles. The van der Waals surface area contributed by atoms with Crippen LogP contribution in [0.2, 0.25) is 0 Å². The number of hydrogen-bond donors (Lipinski definition) is 1. The second-order valence-corrected chi connectivity index (χ2v) is 2.50. The Labute approximate surface area is 72.4 Å². The minimum Gasteiger partial charge on any atom is -0.423 e. The average Bonchev–Trinajstić information content (AvgIpc) is 2.47. The highest BCUT2D eigenvalue weighted by atomic mass is 19.1. The second-order valence-electron chi connectivity index (χ2n) is 2.50. The molecule has 0 unspecified atom stereocenters. The summed E-state index contributed by atoms with van der Waals surface area (Å²) in [7, 11) is 1.58. The monoisotopic (exact) mass is 184 g/mol. The molecule has 13 heavy (non-hydrogen) atoms. The van der Waals surface area contributed by atoms with E-state index in [1.54, 1.807) is 7.05 Å².